The second-order valence-electron chi connectivity index (χ2n) is 7.39. The van der Waals surface area contributed by atoms with E-state index in [-0.39, 0.29) is 6.29 Å². The van der Waals surface area contributed by atoms with Crippen LogP contribution in [-0.2, 0) is 42.6 Å². The van der Waals surface area contributed by atoms with Crippen LogP contribution in [0.15, 0.2) is 0 Å². The number of rotatable bonds is 9. The smallest absolute Gasteiger partial charge is 0.157 e. The third-order valence-electron chi connectivity index (χ3n) is 4.77. The van der Waals surface area contributed by atoms with Crippen LogP contribution in [0.5, 0.6) is 0 Å². The van der Waals surface area contributed by atoms with Crippen molar-refractivity contribution in [2.24, 2.45) is 0 Å². The van der Waals surface area contributed by atoms with E-state index in [2.05, 4.69) is 15.9 Å². The Hall–Kier alpha value is 0.120. The number of hydrogen-bond donors (Lipinski definition) is 0. The molecule has 10 heteroatoms. The molecule has 2 rings (SSSR count). The molecule has 0 amide bonds. The molecule has 2 aliphatic heterocycles. The lowest BCUT2D eigenvalue weighted by molar-refractivity contribution is -0.172. The Balaban J connectivity index is 1.63. The zero-order chi connectivity index (χ0) is 21.9. The van der Waals surface area contributed by atoms with Gasteiger partial charge in [-0.1, -0.05) is 15.9 Å². The van der Waals surface area contributed by atoms with Crippen LogP contribution < -0.4 is 0 Å². The molecule has 1 atom stereocenters. The van der Waals surface area contributed by atoms with E-state index in [9.17, 15) is 0 Å². The van der Waals surface area contributed by atoms with Crippen molar-refractivity contribution < 1.29 is 42.6 Å². The zero-order valence-corrected chi connectivity index (χ0v) is 20.2. The summed E-state index contributed by atoms with van der Waals surface area (Å²) in [6, 6.07) is 0. The molecule has 2 heterocycles. The quantitative estimate of drug-likeness (QED) is 0.337. The second kappa shape index (κ2) is 18.5. The Labute approximate surface area is 194 Å². The molecule has 0 bridgehead atoms. The fourth-order valence-corrected chi connectivity index (χ4v) is 3.52. The summed E-state index contributed by atoms with van der Waals surface area (Å²) in [7, 11) is 0. The van der Waals surface area contributed by atoms with Crippen molar-refractivity contribution in [1.29, 1.82) is 0 Å². The summed E-state index contributed by atoms with van der Waals surface area (Å²) in [5, 5.41) is 0.581. The Bertz CT molecular complexity index is 394. The van der Waals surface area contributed by atoms with Gasteiger partial charge in [0.15, 0.2) is 6.29 Å². The summed E-state index contributed by atoms with van der Waals surface area (Å²) in [6.07, 6.45) is 3.15. The summed E-state index contributed by atoms with van der Waals surface area (Å²) in [5.74, 6) is 0. The normalized spacial score (nSPS) is 25.3. The summed E-state index contributed by atoms with van der Waals surface area (Å²) >= 11 is 3.56. The van der Waals surface area contributed by atoms with E-state index in [1.165, 1.54) is 0 Å². The first kappa shape index (κ1) is 27.4. The van der Waals surface area contributed by atoms with Crippen LogP contribution in [0.3, 0.4) is 0 Å². The third kappa shape index (κ3) is 13.4. The van der Waals surface area contributed by atoms with Crippen molar-refractivity contribution >= 4 is 15.9 Å². The highest BCUT2D eigenvalue weighted by molar-refractivity contribution is 9.09. The molecule has 31 heavy (non-hydrogen) atoms. The minimum Gasteiger partial charge on any atom is -0.377 e. The van der Waals surface area contributed by atoms with Crippen molar-refractivity contribution in [1.82, 2.24) is 0 Å². The molecule has 0 aromatic carbocycles. The molecule has 2 aliphatic rings. The molecule has 0 N–H and O–H groups in total. The van der Waals surface area contributed by atoms with Gasteiger partial charge in [0.2, 0.25) is 0 Å². The number of halogens is 1. The van der Waals surface area contributed by atoms with E-state index < -0.39 is 5.60 Å². The topological polar surface area (TPSA) is 83.1 Å². The van der Waals surface area contributed by atoms with Gasteiger partial charge in [-0.2, -0.15) is 0 Å². The van der Waals surface area contributed by atoms with Crippen molar-refractivity contribution in [3.8, 4) is 0 Å². The molecule has 9 nitrogen and oxygen atoms in total. The lowest BCUT2D eigenvalue weighted by atomic mass is 10.1. The Morgan fingerprint density at radius 1 is 0.677 bits per heavy atom. The molecule has 2 saturated heterocycles. The fourth-order valence-electron chi connectivity index (χ4n) is 3.03. The minimum absolute atomic E-state index is 0.0848. The van der Waals surface area contributed by atoms with E-state index in [1.54, 1.807) is 0 Å². The largest absolute Gasteiger partial charge is 0.377 e. The van der Waals surface area contributed by atoms with Crippen LogP contribution in [0.25, 0.3) is 0 Å². The molecule has 0 aromatic heterocycles. The van der Waals surface area contributed by atoms with E-state index in [0.717, 1.165) is 25.9 Å². The third-order valence-corrected chi connectivity index (χ3v) is 5.79. The summed E-state index contributed by atoms with van der Waals surface area (Å²) in [6.45, 7) is 7.66. The standard InChI is InChI=1S/C21H39BrO9/c22-17-21(31-16-14-26-13-15-30-20-3-1-2-4-29-20)18-27-11-9-24-7-5-23-6-8-25-10-12-28-19-21/h20H,1-19H2. The highest BCUT2D eigenvalue weighted by atomic mass is 79.9. The first-order chi connectivity index (χ1) is 15.3. The van der Waals surface area contributed by atoms with Crippen LogP contribution in [0, 0.1) is 0 Å². The molecule has 1 unspecified atom stereocenters. The van der Waals surface area contributed by atoms with Crippen LogP contribution >= 0.6 is 15.9 Å². The zero-order valence-electron chi connectivity index (χ0n) is 18.6. The predicted molar refractivity (Wildman–Crippen MR) is 117 cm³/mol. The number of hydrogen-bond acceptors (Lipinski definition) is 9. The maximum Gasteiger partial charge on any atom is 0.157 e. The molecular formula is C21H39BrO9. The lowest BCUT2D eigenvalue weighted by Gasteiger charge is -2.32. The lowest BCUT2D eigenvalue weighted by Crippen LogP contribution is -2.46. The van der Waals surface area contributed by atoms with Gasteiger partial charge < -0.3 is 42.6 Å². The number of ether oxygens (including phenoxy) is 9. The SMILES string of the molecule is BrCC1(OCCOCCOC2CCCCO2)COCCOCCOCCOCCOC1. The molecule has 0 saturated carbocycles. The van der Waals surface area contributed by atoms with Crippen molar-refractivity contribution in [2.75, 3.05) is 104 Å². The summed E-state index contributed by atoms with van der Waals surface area (Å²) in [5.41, 5.74) is -0.601. The maximum absolute atomic E-state index is 6.13. The van der Waals surface area contributed by atoms with Crippen LogP contribution in [-0.4, -0.2) is 116 Å². The summed E-state index contributed by atoms with van der Waals surface area (Å²) < 4.78 is 51.0. The van der Waals surface area contributed by atoms with Gasteiger partial charge in [0, 0.05) is 11.9 Å². The van der Waals surface area contributed by atoms with E-state index in [1.807, 2.05) is 0 Å². The van der Waals surface area contributed by atoms with E-state index in [4.69, 9.17) is 42.6 Å². The van der Waals surface area contributed by atoms with Gasteiger partial charge in [0.25, 0.3) is 0 Å². The van der Waals surface area contributed by atoms with Gasteiger partial charge in [-0.3, -0.25) is 0 Å². The molecule has 2 fully saturated rings. The van der Waals surface area contributed by atoms with Gasteiger partial charge in [0.05, 0.1) is 92.5 Å². The van der Waals surface area contributed by atoms with Gasteiger partial charge in [-0.05, 0) is 19.3 Å². The first-order valence-electron chi connectivity index (χ1n) is 11.2. The first-order valence-corrected chi connectivity index (χ1v) is 12.4. The fraction of sp³-hybridized carbons (Fsp3) is 1.00. The second-order valence-corrected chi connectivity index (χ2v) is 7.95. The highest BCUT2D eigenvalue weighted by Gasteiger charge is 2.31. The van der Waals surface area contributed by atoms with Crippen LogP contribution in [0.2, 0.25) is 0 Å². The van der Waals surface area contributed by atoms with Crippen molar-refractivity contribution in [2.45, 2.75) is 31.2 Å². The van der Waals surface area contributed by atoms with Crippen molar-refractivity contribution in [3.05, 3.63) is 0 Å². The molecule has 184 valence electrons. The molecular weight excluding hydrogens is 476 g/mol. The van der Waals surface area contributed by atoms with Gasteiger partial charge in [-0.25, -0.2) is 0 Å². The Kier molecular flexibility index (Phi) is 16.4. The average Bonchev–Trinajstić information content (AvgIpc) is 2.80. The summed E-state index contributed by atoms with van der Waals surface area (Å²) in [4.78, 5) is 0. The van der Waals surface area contributed by atoms with Crippen molar-refractivity contribution in [3.63, 3.8) is 0 Å². The van der Waals surface area contributed by atoms with Gasteiger partial charge >= 0.3 is 0 Å². The van der Waals surface area contributed by atoms with Gasteiger partial charge in [0.1, 0.15) is 5.60 Å². The maximum atomic E-state index is 6.13. The molecule has 0 aromatic rings. The number of alkyl halides is 1. The van der Waals surface area contributed by atoms with Crippen LogP contribution in [0.1, 0.15) is 19.3 Å². The minimum atomic E-state index is -0.601. The Morgan fingerprint density at radius 2 is 1.26 bits per heavy atom. The average molecular weight is 515 g/mol. The Morgan fingerprint density at radius 3 is 1.81 bits per heavy atom. The molecule has 0 radical (unpaired) electrons. The van der Waals surface area contributed by atoms with E-state index >= 15 is 0 Å². The monoisotopic (exact) mass is 514 g/mol. The highest BCUT2D eigenvalue weighted by Crippen LogP contribution is 2.17. The predicted octanol–water partition coefficient (Wildman–Crippen LogP) is 1.79. The van der Waals surface area contributed by atoms with Crippen LogP contribution in [0.4, 0.5) is 0 Å². The molecule has 0 spiro atoms. The van der Waals surface area contributed by atoms with E-state index in [0.29, 0.717) is 97.8 Å². The van der Waals surface area contributed by atoms with Gasteiger partial charge in [-0.15, -0.1) is 0 Å². The molecule has 0 aliphatic carbocycles.